The highest BCUT2D eigenvalue weighted by atomic mass is 16.5. The Balaban J connectivity index is 1.49. The summed E-state index contributed by atoms with van der Waals surface area (Å²) in [5.74, 6) is 1.60. The van der Waals surface area contributed by atoms with Crippen LogP contribution in [0.4, 0.5) is 0 Å². The summed E-state index contributed by atoms with van der Waals surface area (Å²) in [5.41, 5.74) is 0. The molecule has 120 valence electrons. The summed E-state index contributed by atoms with van der Waals surface area (Å²) in [4.78, 5) is 12.5. The summed E-state index contributed by atoms with van der Waals surface area (Å²) in [6.07, 6.45) is 13.6. The minimum atomic E-state index is -0.0358. The molecule has 0 amide bonds. The number of piperidine rings is 1. The van der Waals surface area contributed by atoms with E-state index < -0.39 is 0 Å². The van der Waals surface area contributed by atoms with Crippen molar-refractivity contribution >= 4 is 5.97 Å². The number of carbonyl (C=O) groups is 1. The Kier molecular flexibility index (Phi) is 5.20. The smallest absolute Gasteiger partial charge is 0.323 e. The second kappa shape index (κ2) is 7.13. The normalized spacial score (nSPS) is 40.3. The van der Waals surface area contributed by atoms with Crippen molar-refractivity contribution in [3.8, 4) is 0 Å². The molecule has 3 aliphatic rings. The van der Waals surface area contributed by atoms with Crippen molar-refractivity contribution in [3.63, 3.8) is 0 Å². The molecule has 2 aliphatic carbocycles. The first kappa shape index (κ1) is 15.3. The highest BCUT2D eigenvalue weighted by Crippen LogP contribution is 2.33. The summed E-state index contributed by atoms with van der Waals surface area (Å²) in [6.45, 7) is 2.25. The number of nitrogens with one attached hydrogen (secondary N) is 1. The second-order valence-corrected chi connectivity index (χ2v) is 7.45. The van der Waals surface area contributed by atoms with E-state index >= 15 is 0 Å². The maximum absolute atomic E-state index is 12.5. The standard InChI is InChI=1S/C18H31NO2/c1-2-13-6-5-8-15(12-13)21-18(20)17-11-10-14-7-3-4-9-16(14)19-17/h13-17,19H,2-12H2,1H3. The molecule has 0 radical (unpaired) electrons. The average molecular weight is 293 g/mol. The summed E-state index contributed by atoms with van der Waals surface area (Å²) in [6, 6.07) is 0.533. The van der Waals surface area contributed by atoms with E-state index in [1.54, 1.807) is 0 Å². The van der Waals surface area contributed by atoms with Gasteiger partial charge in [0.15, 0.2) is 0 Å². The van der Waals surface area contributed by atoms with E-state index in [-0.39, 0.29) is 18.1 Å². The number of hydrogen-bond donors (Lipinski definition) is 1. The van der Waals surface area contributed by atoms with Gasteiger partial charge in [0.25, 0.3) is 0 Å². The Labute approximate surface area is 129 Å². The number of hydrogen-bond acceptors (Lipinski definition) is 3. The predicted octanol–water partition coefficient (Wildman–Crippen LogP) is 3.81. The van der Waals surface area contributed by atoms with Crippen LogP contribution in [-0.4, -0.2) is 24.2 Å². The third kappa shape index (κ3) is 3.80. The van der Waals surface area contributed by atoms with E-state index in [9.17, 15) is 4.79 Å². The van der Waals surface area contributed by atoms with Crippen LogP contribution in [0.3, 0.4) is 0 Å². The van der Waals surface area contributed by atoms with Gasteiger partial charge < -0.3 is 10.1 Å². The first-order valence-corrected chi connectivity index (χ1v) is 9.22. The van der Waals surface area contributed by atoms with Crippen LogP contribution in [0.25, 0.3) is 0 Å². The van der Waals surface area contributed by atoms with E-state index in [4.69, 9.17) is 4.74 Å². The van der Waals surface area contributed by atoms with Crippen LogP contribution < -0.4 is 5.32 Å². The molecule has 2 saturated carbocycles. The van der Waals surface area contributed by atoms with E-state index in [1.165, 1.54) is 51.4 Å². The first-order chi connectivity index (χ1) is 10.3. The number of ether oxygens (including phenoxy) is 1. The van der Waals surface area contributed by atoms with Crippen LogP contribution in [0, 0.1) is 11.8 Å². The average Bonchev–Trinajstić information content (AvgIpc) is 2.54. The Morgan fingerprint density at radius 3 is 2.76 bits per heavy atom. The number of esters is 1. The molecular weight excluding hydrogens is 262 g/mol. The van der Waals surface area contributed by atoms with Crippen molar-refractivity contribution in [1.82, 2.24) is 5.32 Å². The lowest BCUT2D eigenvalue weighted by Crippen LogP contribution is -2.53. The summed E-state index contributed by atoms with van der Waals surface area (Å²) >= 11 is 0. The third-order valence-electron chi connectivity index (χ3n) is 6.03. The molecule has 0 spiro atoms. The molecule has 1 N–H and O–H groups in total. The lowest BCUT2D eigenvalue weighted by molar-refractivity contribution is -0.155. The fraction of sp³-hybridized carbons (Fsp3) is 0.944. The molecule has 0 bridgehead atoms. The molecule has 1 saturated heterocycles. The maximum Gasteiger partial charge on any atom is 0.323 e. The largest absolute Gasteiger partial charge is 0.461 e. The SMILES string of the molecule is CCC1CCCC(OC(=O)C2CCC3CCCCC3N2)C1. The molecular formula is C18H31NO2. The molecule has 3 rings (SSSR count). The Hall–Kier alpha value is -0.570. The first-order valence-electron chi connectivity index (χ1n) is 9.22. The predicted molar refractivity (Wildman–Crippen MR) is 84.0 cm³/mol. The number of carbonyl (C=O) groups excluding carboxylic acids is 1. The molecule has 1 aliphatic heterocycles. The minimum absolute atomic E-state index is 0.0285. The molecule has 5 unspecified atom stereocenters. The van der Waals surface area contributed by atoms with Crippen LogP contribution in [0.1, 0.15) is 77.6 Å². The molecule has 0 aromatic rings. The molecule has 3 fully saturated rings. The molecule has 0 aromatic carbocycles. The zero-order valence-electron chi connectivity index (χ0n) is 13.5. The molecule has 3 nitrogen and oxygen atoms in total. The van der Waals surface area contributed by atoms with Gasteiger partial charge in [0.2, 0.25) is 0 Å². The zero-order valence-corrected chi connectivity index (χ0v) is 13.5. The van der Waals surface area contributed by atoms with Gasteiger partial charge in [-0.1, -0.05) is 32.6 Å². The fourth-order valence-electron chi connectivity index (χ4n) is 4.65. The summed E-state index contributed by atoms with van der Waals surface area (Å²) in [5, 5.41) is 3.60. The summed E-state index contributed by atoms with van der Waals surface area (Å²) in [7, 11) is 0. The fourth-order valence-corrected chi connectivity index (χ4v) is 4.65. The lowest BCUT2D eigenvalue weighted by atomic mass is 9.78. The van der Waals surface area contributed by atoms with E-state index in [0.717, 1.165) is 31.1 Å². The van der Waals surface area contributed by atoms with Gasteiger partial charge in [0.05, 0.1) is 0 Å². The zero-order chi connectivity index (χ0) is 14.7. The maximum atomic E-state index is 12.5. The van der Waals surface area contributed by atoms with E-state index in [1.807, 2.05) is 0 Å². The number of rotatable bonds is 3. The van der Waals surface area contributed by atoms with Crippen molar-refractivity contribution in [2.24, 2.45) is 11.8 Å². The highest BCUT2D eigenvalue weighted by Gasteiger charge is 2.36. The van der Waals surface area contributed by atoms with Crippen molar-refractivity contribution in [2.75, 3.05) is 0 Å². The van der Waals surface area contributed by atoms with Crippen LogP contribution in [0.2, 0.25) is 0 Å². The number of fused-ring (bicyclic) bond motifs is 1. The van der Waals surface area contributed by atoms with Gasteiger partial charge in [-0.2, -0.15) is 0 Å². The van der Waals surface area contributed by atoms with E-state index in [0.29, 0.717) is 6.04 Å². The second-order valence-electron chi connectivity index (χ2n) is 7.45. The molecule has 5 atom stereocenters. The Bertz CT molecular complexity index is 357. The van der Waals surface area contributed by atoms with Crippen LogP contribution in [-0.2, 0) is 9.53 Å². The van der Waals surface area contributed by atoms with Crippen molar-refractivity contribution in [2.45, 2.75) is 95.7 Å². The van der Waals surface area contributed by atoms with Gasteiger partial charge in [0, 0.05) is 6.04 Å². The molecule has 21 heavy (non-hydrogen) atoms. The minimum Gasteiger partial charge on any atom is -0.461 e. The third-order valence-corrected chi connectivity index (χ3v) is 6.03. The van der Waals surface area contributed by atoms with Crippen LogP contribution >= 0.6 is 0 Å². The molecule has 1 heterocycles. The van der Waals surface area contributed by atoms with Crippen molar-refractivity contribution in [3.05, 3.63) is 0 Å². The Morgan fingerprint density at radius 2 is 1.90 bits per heavy atom. The topological polar surface area (TPSA) is 38.3 Å². The molecule has 0 aromatic heterocycles. The van der Waals surface area contributed by atoms with Crippen LogP contribution in [0.15, 0.2) is 0 Å². The van der Waals surface area contributed by atoms with Gasteiger partial charge in [-0.3, -0.25) is 4.79 Å². The highest BCUT2D eigenvalue weighted by molar-refractivity contribution is 5.76. The van der Waals surface area contributed by atoms with Crippen molar-refractivity contribution in [1.29, 1.82) is 0 Å². The van der Waals surface area contributed by atoms with Crippen molar-refractivity contribution < 1.29 is 9.53 Å². The van der Waals surface area contributed by atoms with Gasteiger partial charge in [-0.25, -0.2) is 0 Å². The van der Waals surface area contributed by atoms with Crippen LogP contribution in [0.5, 0.6) is 0 Å². The Morgan fingerprint density at radius 1 is 1.05 bits per heavy atom. The quantitative estimate of drug-likeness (QED) is 0.804. The lowest BCUT2D eigenvalue weighted by Gasteiger charge is -2.40. The van der Waals surface area contributed by atoms with Gasteiger partial charge in [-0.15, -0.1) is 0 Å². The van der Waals surface area contributed by atoms with E-state index in [2.05, 4.69) is 12.2 Å². The monoisotopic (exact) mass is 293 g/mol. The van der Waals surface area contributed by atoms with Gasteiger partial charge in [0.1, 0.15) is 12.1 Å². The summed E-state index contributed by atoms with van der Waals surface area (Å²) < 4.78 is 5.84. The molecule has 3 heteroatoms. The van der Waals surface area contributed by atoms with Gasteiger partial charge >= 0.3 is 5.97 Å². The van der Waals surface area contributed by atoms with Gasteiger partial charge in [-0.05, 0) is 56.8 Å².